The number of fused-ring (bicyclic) bond motifs is 1. The van der Waals surface area contributed by atoms with E-state index in [-0.39, 0.29) is 30.7 Å². The first-order valence-corrected chi connectivity index (χ1v) is 6.86. The number of para-hydroxylation sites is 1. The van der Waals surface area contributed by atoms with E-state index >= 15 is 0 Å². The highest BCUT2D eigenvalue weighted by Gasteiger charge is 2.41. The third-order valence-electron chi connectivity index (χ3n) is 4.22. The van der Waals surface area contributed by atoms with E-state index in [1.165, 1.54) is 4.90 Å². The Bertz CT molecular complexity index is 628. The van der Waals surface area contributed by atoms with Crippen LogP contribution in [0.3, 0.4) is 0 Å². The molecule has 1 aromatic carbocycles. The summed E-state index contributed by atoms with van der Waals surface area (Å²) in [6.45, 7) is 0.538. The SMILES string of the molecule is CN1CC(C(=O)N2CC(C(=O)O)c3ccccc32)CC1=O. The van der Waals surface area contributed by atoms with Gasteiger partial charge in [0.05, 0.1) is 5.92 Å². The maximum atomic E-state index is 12.6. The largest absolute Gasteiger partial charge is 0.481 e. The summed E-state index contributed by atoms with van der Waals surface area (Å²) in [5.41, 5.74) is 1.31. The average molecular weight is 288 g/mol. The highest BCUT2D eigenvalue weighted by molar-refractivity contribution is 6.02. The molecule has 2 aliphatic rings. The lowest BCUT2D eigenvalue weighted by Crippen LogP contribution is -2.37. The first-order valence-electron chi connectivity index (χ1n) is 6.86. The lowest BCUT2D eigenvalue weighted by molar-refractivity contribution is -0.138. The molecule has 2 heterocycles. The van der Waals surface area contributed by atoms with Crippen LogP contribution >= 0.6 is 0 Å². The molecule has 3 rings (SSSR count). The number of likely N-dealkylation sites (tertiary alicyclic amines) is 1. The second-order valence-corrected chi connectivity index (χ2v) is 5.57. The number of hydrogen-bond acceptors (Lipinski definition) is 3. The van der Waals surface area contributed by atoms with Crippen LogP contribution in [0.15, 0.2) is 24.3 Å². The molecule has 1 fully saturated rings. The molecule has 1 aromatic rings. The molecule has 21 heavy (non-hydrogen) atoms. The van der Waals surface area contributed by atoms with E-state index in [1.54, 1.807) is 36.2 Å². The summed E-state index contributed by atoms with van der Waals surface area (Å²) in [5.74, 6) is -2.22. The fraction of sp³-hybridized carbons (Fsp3) is 0.400. The van der Waals surface area contributed by atoms with E-state index in [4.69, 9.17) is 0 Å². The molecule has 2 amide bonds. The maximum Gasteiger partial charge on any atom is 0.312 e. The van der Waals surface area contributed by atoms with Crippen molar-refractivity contribution < 1.29 is 19.5 Å². The summed E-state index contributed by atoms with van der Waals surface area (Å²) >= 11 is 0. The van der Waals surface area contributed by atoms with E-state index in [0.717, 1.165) is 0 Å². The molecule has 2 atom stereocenters. The van der Waals surface area contributed by atoms with Crippen molar-refractivity contribution in [1.29, 1.82) is 0 Å². The number of nitrogens with zero attached hydrogens (tertiary/aromatic N) is 2. The number of carbonyl (C=O) groups excluding carboxylic acids is 2. The van der Waals surface area contributed by atoms with Gasteiger partial charge in [-0.2, -0.15) is 0 Å². The fourth-order valence-electron chi connectivity index (χ4n) is 3.08. The molecule has 6 nitrogen and oxygen atoms in total. The van der Waals surface area contributed by atoms with Crippen LogP contribution in [0.1, 0.15) is 17.9 Å². The lowest BCUT2D eigenvalue weighted by Gasteiger charge is -2.21. The summed E-state index contributed by atoms with van der Waals surface area (Å²) in [6, 6.07) is 7.06. The maximum absolute atomic E-state index is 12.6. The van der Waals surface area contributed by atoms with Gasteiger partial charge in [0.2, 0.25) is 11.8 Å². The third kappa shape index (κ3) is 2.16. The number of carboxylic acid groups (broad SMARTS) is 1. The van der Waals surface area contributed by atoms with Gasteiger partial charge in [0.25, 0.3) is 0 Å². The fourth-order valence-corrected chi connectivity index (χ4v) is 3.08. The second kappa shape index (κ2) is 4.87. The minimum Gasteiger partial charge on any atom is -0.481 e. The van der Waals surface area contributed by atoms with Crippen LogP contribution in [0.4, 0.5) is 5.69 Å². The van der Waals surface area contributed by atoms with Crippen molar-refractivity contribution in [2.24, 2.45) is 5.92 Å². The van der Waals surface area contributed by atoms with Crippen molar-refractivity contribution in [3.63, 3.8) is 0 Å². The molecule has 2 unspecified atom stereocenters. The van der Waals surface area contributed by atoms with Gasteiger partial charge in [0.15, 0.2) is 0 Å². The molecule has 0 saturated carbocycles. The smallest absolute Gasteiger partial charge is 0.312 e. The Kier molecular flexibility index (Phi) is 3.16. The van der Waals surface area contributed by atoms with E-state index in [0.29, 0.717) is 17.8 Å². The summed E-state index contributed by atoms with van der Waals surface area (Å²) in [5, 5.41) is 9.31. The van der Waals surface area contributed by atoms with Crippen LogP contribution in [0.25, 0.3) is 0 Å². The predicted octanol–water partition coefficient (Wildman–Crippen LogP) is 0.680. The van der Waals surface area contributed by atoms with Crippen LogP contribution in [0, 0.1) is 5.92 Å². The molecule has 110 valence electrons. The van der Waals surface area contributed by atoms with Gasteiger partial charge in [-0.3, -0.25) is 14.4 Å². The van der Waals surface area contributed by atoms with Crippen molar-refractivity contribution in [1.82, 2.24) is 4.90 Å². The van der Waals surface area contributed by atoms with Gasteiger partial charge < -0.3 is 14.9 Å². The van der Waals surface area contributed by atoms with Gasteiger partial charge in [-0.1, -0.05) is 18.2 Å². The van der Waals surface area contributed by atoms with Gasteiger partial charge in [-0.15, -0.1) is 0 Å². The van der Waals surface area contributed by atoms with Crippen LogP contribution in [0.5, 0.6) is 0 Å². The van der Waals surface area contributed by atoms with Crippen LogP contribution in [0.2, 0.25) is 0 Å². The van der Waals surface area contributed by atoms with Gasteiger partial charge in [-0.25, -0.2) is 0 Å². The van der Waals surface area contributed by atoms with E-state index in [2.05, 4.69) is 0 Å². The third-order valence-corrected chi connectivity index (χ3v) is 4.22. The Balaban J connectivity index is 1.89. The summed E-state index contributed by atoms with van der Waals surface area (Å²) in [7, 11) is 1.67. The minimum atomic E-state index is -0.933. The standard InChI is InChI=1S/C15H16N2O4/c1-16-7-9(6-13(16)18)14(19)17-8-11(15(20)21)10-4-2-3-5-12(10)17/h2-5,9,11H,6-8H2,1H3,(H,20,21). The highest BCUT2D eigenvalue weighted by atomic mass is 16.4. The first kappa shape index (κ1) is 13.6. The van der Waals surface area contributed by atoms with Crippen molar-refractivity contribution in [3.8, 4) is 0 Å². The van der Waals surface area contributed by atoms with Crippen molar-refractivity contribution in [3.05, 3.63) is 29.8 Å². The molecule has 1 saturated heterocycles. The molecule has 2 aliphatic heterocycles. The lowest BCUT2D eigenvalue weighted by atomic mass is 10.0. The van der Waals surface area contributed by atoms with Gasteiger partial charge in [0.1, 0.15) is 5.92 Å². The van der Waals surface area contributed by atoms with E-state index in [1.807, 2.05) is 0 Å². The number of anilines is 1. The second-order valence-electron chi connectivity index (χ2n) is 5.57. The van der Waals surface area contributed by atoms with E-state index < -0.39 is 11.9 Å². The Hall–Kier alpha value is -2.37. The normalized spacial score (nSPS) is 24.3. The number of amides is 2. The molecule has 0 aromatic heterocycles. The number of benzene rings is 1. The van der Waals surface area contributed by atoms with Crippen LogP contribution < -0.4 is 4.90 Å². The molecule has 0 bridgehead atoms. The Morgan fingerprint density at radius 2 is 1.95 bits per heavy atom. The number of aliphatic carboxylic acids is 1. The Morgan fingerprint density at radius 3 is 2.57 bits per heavy atom. The average Bonchev–Trinajstić information content (AvgIpc) is 3.00. The quantitative estimate of drug-likeness (QED) is 0.868. The Labute approximate surface area is 122 Å². The van der Waals surface area contributed by atoms with E-state index in [9.17, 15) is 19.5 Å². The molecule has 1 N–H and O–H groups in total. The van der Waals surface area contributed by atoms with Crippen LogP contribution in [-0.2, 0) is 14.4 Å². The monoisotopic (exact) mass is 288 g/mol. The number of hydrogen-bond donors (Lipinski definition) is 1. The van der Waals surface area contributed by atoms with Crippen molar-refractivity contribution >= 4 is 23.5 Å². The number of carbonyl (C=O) groups is 3. The minimum absolute atomic E-state index is 0.0457. The van der Waals surface area contributed by atoms with Crippen LogP contribution in [-0.4, -0.2) is 47.9 Å². The van der Waals surface area contributed by atoms with Crippen molar-refractivity contribution in [2.45, 2.75) is 12.3 Å². The summed E-state index contributed by atoms with van der Waals surface area (Å²) in [6.07, 6.45) is 0.200. The zero-order valence-electron chi connectivity index (χ0n) is 11.7. The highest BCUT2D eigenvalue weighted by Crippen LogP contribution is 2.37. The molecule has 6 heteroatoms. The summed E-state index contributed by atoms with van der Waals surface area (Å²) in [4.78, 5) is 38.6. The zero-order chi connectivity index (χ0) is 15.1. The molecular weight excluding hydrogens is 272 g/mol. The van der Waals surface area contributed by atoms with Gasteiger partial charge in [-0.05, 0) is 11.6 Å². The van der Waals surface area contributed by atoms with Gasteiger partial charge in [0, 0.05) is 32.2 Å². The number of rotatable bonds is 2. The summed E-state index contributed by atoms with van der Waals surface area (Å²) < 4.78 is 0. The Morgan fingerprint density at radius 1 is 1.24 bits per heavy atom. The van der Waals surface area contributed by atoms with Gasteiger partial charge >= 0.3 is 5.97 Å². The molecule has 0 spiro atoms. The number of carboxylic acids is 1. The predicted molar refractivity (Wildman–Crippen MR) is 74.9 cm³/mol. The molecule has 0 radical (unpaired) electrons. The molecular formula is C15H16N2O4. The first-order chi connectivity index (χ1) is 9.99. The zero-order valence-corrected chi connectivity index (χ0v) is 11.7. The topological polar surface area (TPSA) is 77.9 Å². The van der Waals surface area contributed by atoms with Crippen molar-refractivity contribution in [2.75, 3.05) is 25.0 Å². The molecule has 0 aliphatic carbocycles.